The molecule has 0 bridgehead atoms. The maximum absolute atomic E-state index is 11.7. The fourth-order valence-electron chi connectivity index (χ4n) is 1.67. The van der Waals surface area contributed by atoms with Crippen molar-refractivity contribution >= 4 is 17.7 Å². The van der Waals surface area contributed by atoms with Crippen LogP contribution in [0.4, 0.5) is 5.69 Å². The molecule has 96 valence electrons. The lowest BCUT2D eigenvalue weighted by atomic mass is 10.2. The number of aliphatic hydroxyl groups excluding tert-OH is 1. The first-order valence-corrected chi connectivity index (χ1v) is 6.02. The summed E-state index contributed by atoms with van der Waals surface area (Å²) < 4.78 is 0. The number of benzene rings is 2. The van der Waals surface area contributed by atoms with Crippen LogP contribution in [0.15, 0.2) is 60.7 Å². The van der Waals surface area contributed by atoms with Gasteiger partial charge in [-0.1, -0.05) is 42.5 Å². The summed E-state index contributed by atoms with van der Waals surface area (Å²) in [6.07, 6.45) is 3.24. The molecule has 0 fully saturated rings. The average molecular weight is 253 g/mol. The van der Waals surface area contributed by atoms with E-state index in [0.717, 1.165) is 11.1 Å². The van der Waals surface area contributed by atoms with Crippen molar-refractivity contribution in [3.05, 3.63) is 71.8 Å². The Morgan fingerprint density at radius 3 is 2.63 bits per heavy atom. The van der Waals surface area contributed by atoms with Crippen LogP contribution in [-0.2, 0) is 11.4 Å². The van der Waals surface area contributed by atoms with Crippen molar-refractivity contribution in [2.24, 2.45) is 0 Å². The predicted molar refractivity (Wildman–Crippen MR) is 76.5 cm³/mol. The van der Waals surface area contributed by atoms with Gasteiger partial charge in [0, 0.05) is 11.8 Å². The third-order valence-electron chi connectivity index (χ3n) is 2.60. The summed E-state index contributed by atoms with van der Waals surface area (Å²) in [6, 6.07) is 16.7. The highest BCUT2D eigenvalue weighted by molar-refractivity contribution is 6.01. The minimum absolute atomic E-state index is 0.0381. The van der Waals surface area contributed by atoms with E-state index in [1.807, 2.05) is 30.3 Å². The molecular formula is C16H15NO2. The highest BCUT2D eigenvalue weighted by Gasteiger charge is 1.98. The molecule has 2 rings (SSSR count). The summed E-state index contributed by atoms with van der Waals surface area (Å²) in [4.78, 5) is 11.7. The molecule has 2 N–H and O–H groups in total. The molecule has 0 aromatic heterocycles. The van der Waals surface area contributed by atoms with Gasteiger partial charge in [0.1, 0.15) is 0 Å². The van der Waals surface area contributed by atoms with Crippen LogP contribution in [-0.4, -0.2) is 11.0 Å². The lowest BCUT2D eigenvalue weighted by Gasteiger charge is -2.03. The van der Waals surface area contributed by atoms with Gasteiger partial charge in [0.05, 0.1) is 6.61 Å². The van der Waals surface area contributed by atoms with Crippen molar-refractivity contribution in [1.82, 2.24) is 0 Å². The lowest BCUT2D eigenvalue weighted by molar-refractivity contribution is -0.111. The molecule has 0 aliphatic carbocycles. The van der Waals surface area contributed by atoms with Gasteiger partial charge < -0.3 is 10.4 Å². The molecule has 0 heterocycles. The van der Waals surface area contributed by atoms with Crippen molar-refractivity contribution in [2.75, 3.05) is 5.32 Å². The fraction of sp³-hybridized carbons (Fsp3) is 0.0625. The van der Waals surface area contributed by atoms with E-state index < -0.39 is 0 Å². The predicted octanol–water partition coefficient (Wildman–Crippen LogP) is 2.83. The number of amides is 1. The Labute approximate surface area is 112 Å². The molecule has 0 aliphatic heterocycles. The second kappa shape index (κ2) is 6.52. The molecular weight excluding hydrogens is 238 g/mol. The van der Waals surface area contributed by atoms with Gasteiger partial charge in [-0.05, 0) is 29.3 Å². The van der Waals surface area contributed by atoms with Gasteiger partial charge in [-0.25, -0.2) is 0 Å². The summed E-state index contributed by atoms with van der Waals surface area (Å²) in [6.45, 7) is -0.0381. The van der Waals surface area contributed by atoms with Gasteiger partial charge in [-0.2, -0.15) is 0 Å². The van der Waals surface area contributed by atoms with Crippen LogP contribution >= 0.6 is 0 Å². The van der Waals surface area contributed by atoms with E-state index in [-0.39, 0.29) is 12.5 Å². The minimum atomic E-state index is -0.195. The third kappa shape index (κ3) is 4.08. The normalized spacial score (nSPS) is 10.6. The van der Waals surface area contributed by atoms with Crippen molar-refractivity contribution in [1.29, 1.82) is 0 Å². The zero-order valence-corrected chi connectivity index (χ0v) is 10.4. The molecule has 3 nitrogen and oxygen atoms in total. The van der Waals surface area contributed by atoms with Gasteiger partial charge in [0.15, 0.2) is 0 Å². The zero-order chi connectivity index (χ0) is 13.5. The summed E-state index contributed by atoms with van der Waals surface area (Å²) >= 11 is 0. The van der Waals surface area contributed by atoms with Crippen molar-refractivity contribution in [3.8, 4) is 0 Å². The lowest BCUT2D eigenvalue weighted by Crippen LogP contribution is -2.07. The Balaban J connectivity index is 1.99. The Morgan fingerprint density at radius 2 is 1.89 bits per heavy atom. The summed E-state index contributed by atoms with van der Waals surface area (Å²) in [5.74, 6) is -0.195. The third-order valence-corrected chi connectivity index (χ3v) is 2.60. The number of carbonyl (C=O) groups excluding carboxylic acids is 1. The number of hydrogen-bond acceptors (Lipinski definition) is 2. The van der Waals surface area contributed by atoms with Crippen molar-refractivity contribution in [3.63, 3.8) is 0 Å². The molecule has 0 aliphatic rings. The van der Waals surface area contributed by atoms with Crippen molar-refractivity contribution < 1.29 is 9.90 Å². The Kier molecular flexibility index (Phi) is 4.48. The van der Waals surface area contributed by atoms with E-state index in [9.17, 15) is 4.79 Å². The van der Waals surface area contributed by atoms with Crippen LogP contribution in [0.25, 0.3) is 6.08 Å². The maximum Gasteiger partial charge on any atom is 0.248 e. The fourth-order valence-corrected chi connectivity index (χ4v) is 1.67. The van der Waals surface area contributed by atoms with Crippen LogP contribution in [0.5, 0.6) is 0 Å². The number of nitrogens with one attached hydrogen (secondary N) is 1. The van der Waals surface area contributed by atoms with Crippen LogP contribution in [0.1, 0.15) is 11.1 Å². The SMILES string of the molecule is O=C(C=Cc1ccccc1)Nc1cccc(CO)c1. The van der Waals surface area contributed by atoms with E-state index >= 15 is 0 Å². The second-order valence-corrected chi connectivity index (χ2v) is 4.09. The molecule has 1 amide bonds. The molecule has 0 radical (unpaired) electrons. The molecule has 0 unspecified atom stereocenters. The first-order valence-electron chi connectivity index (χ1n) is 6.02. The molecule has 19 heavy (non-hydrogen) atoms. The maximum atomic E-state index is 11.7. The second-order valence-electron chi connectivity index (χ2n) is 4.09. The monoisotopic (exact) mass is 253 g/mol. The molecule has 0 saturated carbocycles. The highest BCUT2D eigenvalue weighted by atomic mass is 16.3. The van der Waals surface area contributed by atoms with Gasteiger partial charge in [-0.15, -0.1) is 0 Å². The van der Waals surface area contributed by atoms with Crippen LogP contribution in [0, 0.1) is 0 Å². The molecule has 0 saturated heterocycles. The first kappa shape index (κ1) is 13.1. The average Bonchev–Trinajstić information content (AvgIpc) is 2.46. The highest BCUT2D eigenvalue weighted by Crippen LogP contribution is 2.10. The number of hydrogen-bond donors (Lipinski definition) is 2. The summed E-state index contributed by atoms with van der Waals surface area (Å²) in [5, 5.41) is 11.8. The minimum Gasteiger partial charge on any atom is -0.392 e. The quantitative estimate of drug-likeness (QED) is 0.823. The summed E-state index contributed by atoms with van der Waals surface area (Å²) in [7, 11) is 0. The topological polar surface area (TPSA) is 49.3 Å². The Bertz CT molecular complexity index is 576. The van der Waals surface area contributed by atoms with Gasteiger partial charge in [-0.3, -0.25) is 4.79 Å². The zero-order valence-electron chi connectivity index (χ0n) is 10.4. The number of rotatable bonds is 4. The van der Waals surface area contributed by atoms with E-state index in [1.54, 1.807) is 30.3 Å². The number of aliphatic hydroxyl groups is 1. The van der Waals surface area contributed by atoms with Crippen LogP contribution in [0.2, 0.25) is 0 Å². The van der Waals surface area contributed by atoms with E-state index in [0.29, 0.717) is 5.69 Å². The standard InChI is InChI=1S/C16H15NO2/c18-12-14-7-4-8-15(11-14)17-16(19)10-9-13-5-2-1-3-6-13/h1-11,18H,12H2,(H,17,19). The molecule has 0 atom stereocenters. The van der Waals surface area contributed by atoms with E-state index in [2.05, 4.69) is 5.32 Å². The number of anilines is 1. The summed E-state index contributed by atoms with van der Waals surface area (Å²) in [5.41, 5.74) is 2.42. The largest absolute Gasteiger partial charge is 0.392 e. The molecule has 2 aromatic carbocycles. The molecule has 3 heteroatoms. The molecule has 0 spiro atoms. The van der Waals surface area contributed by atoms with Gasteiger partial charge in [0.25, 0.3) is 0 Å². The van der Waals surface area contributed by atoms with Gasteiger partial charge >= 0.3 is 0 Å². The van der Waals surface area contributed by atoms with Gasteiger partial charge in [0.2, 0.25) is 5.91 Å². The Morgan fingerprint density at radius 1 is 1.11 bits per heavy atom. The first-order chi connectivity index (χ1) is 9.28. The number of carbonyl (C=O) groups is 1. The van der Waals surface area contributed by atoms with E-state index in [4.69, 9.17) is 5.11 Å². The van der Waals surface area contributed by atoms with E-state index in [1.165, 1.54) is 6.08 Å². The van der Waals surface area contributed by atoms with Crippen LogP contribution in [0.3, 0.4) is 0 Å². The van der Waals surface area contributed by atoms with Crippen LogP contribution < -0.4 is 5.32 Å². The van der Waals surface area contributed by atoms with Crippen molar-refractivity contribution in [2.45, 2.75) is 6.61 Å². The smallest absolute Gasteiger partial charge is 0.248 e. The Hall–Kier alpha value is -2.39. The molecule has 2 aromatic rings.